The maximum Gasteiger partial charge on any atom is 0.227 e. The van der Waals surface area contributed by atoms with Crippen molar-refractivity contribution in [1.82, 2.24) is 10.2 Å². The van der Waals surface area contributed by atoms with Gasteiger partial charge in [0, 0.05) is 29.4 Å². The molecule has 1 saturated carbocycles. The number of anilines is 1. The third kappa shape index (κ3) is 2.72. The number of hydrogen-bond acceptors (Lipinski definition) is 3. The lowest BCUT2D eigenvalue weighted by molar-refractivity contribution is -0.119. The fourth-order valence-electron chi connectivity index (χ4n) is 2.68. The number of nitrogens with zero attached hydrogens (tertiary/aromatic N) is 1. The van der Waals surface area contributed by atoms with E-state index in [1.165, 1.54) is 0 Å². The van der Waals surface area contributed by atoms with Crippen LogP contribution in [-0.4, -0.2) is 22.1 Å². The molecule has 0 saturated heterocycles. The first-order chi connectivity index (χ1) is 9.72. The number of carbonyl (C=O) groups excluding carboxylic acids is 1. The smallest absolute Gasteiger partial charge is 0.227 e. The van der Waals surface area contributed by atoms with Crippen LogP contribution in [0.25, 0.3) is 11.3 Å². The summed E-state index contributed by atoms with van der Waals surface area (Å²) >= 11 is 0. The molecule has 1 aromatic heterocycles. The van der Waals surface area contributed by atoms with E-state index in [1.54, 1.807) is 6.20 Å². The topological polar surface area (TPSA) is 83.8 Å². The summed E-state index contributed by atoms with van der Waals surface area (Å²) in [6.45, 7) is 0. The summed E-state index contributed by atoms with van der Waals surface area (Å²) in [6, 6.07) is 9.81. The number of aromatic nitrogens is 2. The van der Waals surface area contributed by atoms with E-state index in [4.69, 9.17) is 5.73 Å². The van der Waals surface area contributed by atoms with Gasteiger partial charge in [-0.1, -0.05) is 12.1 Å². The van der Waals surface area contributed by atoms with E-state index < -0.39 is 0 Å². The van der Waals surface area contributed by atoms with E-state index in [0.717, 1.165) is 36.2 Å². The van der Waals surface area contributed by atoms with E-state index in [2.05, 4.69) is 15.5 Å². The molecule has 1 aromatic carbocycles. The lowest BCUT2D eigenvalue weighted by atomic mass is 10.1. The van der Waals surface area contributed by atoms with Crippen LogP contribution in [0.3, 0.4) is 0 Å². The Labute approximate surface area is 117 Å². The van der Waals surface area contributed by atoms with Gasteiger partial charge in [-0.05, 0) is 37.5 Å². The molecule has 5 nitrogen and oxygen atoms in total. The third-order valence-corrected chi connectivity index (χ3v) is 3.79. The first kappa shape index (κ1) is 12.9. The van der Waals surface area contributed by atoms with Gasteiger partial charge in [0.05, 0.1) is 5.69 Å². The van der Waals surface area contributed by atoms with Gasteiger partial charge in [-0.3, -0.25) is 9.89 Å². The van der Waals surface area contributed by atoms with Gasteiger partial charge in [-0.15, -0.1) is 0 Å². The molecule has 0 spiro atoms. The van der Waals surface area contributed by atoms with Crippen LogP contribution in [-0.2, 0) is 4.79 Å². The molecule has 20 heavy (non-hydrogen) atoms. The largest absolute Gasteiger partial charge is 0.328 e. The van der Waals surface area contributed by atoms with Crippen LogP contribution in [0.2, 0.25) is 0 Å². The van der Waals surface area contributed by atoms with Gasteiger partial charge in [-0.25, -0.2) is 0 Å². The summed E-state index contributed by atoms with van der Waals surface area (Å²) in [5.74, 6) is 0.112. The lowest BCUT2D eigenvalue weighted by Crippen LogP contribution is -2.23. The van der Waals surface area contributed by atoms with Crippen molar-refractivity contribution in [2.45, 2.75) is 25.3 Å². The molecular weight excluding hydrogens is 252 g/mol. The third-order valence-electron chi connectivity index (χ3n) is 3.79. The maximum absolute atomic E-state index is 12.2. The van der Waals surface area contributed by atoms with E-state index in [-0.39, 0.29) is 17.9 Å². The average molecular weight is 270 g/mol. The normalized spacial score (nSPS) is 21.9. The molecule has 0 bridgehead atoms. The van der Waals surface area contributed by atoms with Crippen molar-refractivity contribution < 1.29 is 4.79 Å². The first-order valence-electron chi connectivity index (χ1n) is 6.88. The predicted molar refractivity (Wildman–Crippen MR) is 78.0 cm³/mol. The highest BCUT2D eigenvalue weighted by molar-refractivity contribution is 5.93. The molecule has 2 aromatic rings. The van der Waals surface area contributed by atoms with E-state index in [0.29, 0.717) is 0 Å². The number of nitrogens with two attached hydrogens (primary N) is 1. The monoisotopic (exact) mass is 270 g/mol. The summed E-state index contributed by atoms with van der Waals surface area (Å²) in [5.41, 5.74) is 8.60. The van der Waals surface area contributed by atoms with Crippen LogP contribution in [0.4, 0.5) is 5.69 Å². The minimum absolute atomic E-state index is 0.0424. The zero-order valence-electron chi connectivity index (χ0n) is 11.2. The molecule has 0 aliphatic heterocycles. The molecule has 1 aliphatic carbocycles. The van der Waals surface area contributed by atoms with Crippen molar-refractivity contribution >= 4 is 11.6 Å². The van der Waals surface area contributed by atoms with Gasteiger partial charge < -0.3 is 11.1 Å². The number of carbonyl (C=O) groups is 1. The molecular formula is C15H18N4O. The molecule has 5 heteroatoms. The SMILES string of the molecule is NC1CCC(C(=O)Nc2cccc(-c3ccn[nH]3)c2)C1. The van der Waals surface area contributed by atoms with Crippen molar-refractivity contribution in [3.8, 4) is 11.3 Å². The first-order valence-corrected chi connectivity index (χ1v) is 6.88. The van der Waals surface area contributed by atoms with Gasteiger partial charge >= 0.3 is 0 Å². The van der Waals surface area contributed by atoms with Crippen molar-refractivity contribution in [2.24, 2.45) is 11.7 Å². The number of H-pyrrole nitrogens is 1. The molecule has 1 fully saturated rings. The number of rotatable bonds is 3. The van der Waals surface area contributed by atoms with Crippen molar-refractivity contribution in [1.29, 1.82) is 0 Å². The standard InChI is InChI=1S/C15H18N4O/c16-12-5-4-11(8-12)15(20)18-13-3-1-2-10(9-13)14-6-7-17-19-14/h1-3,6-7,9,11-12H,4-5,8,16H2,(H,17,19)(H,18,20). The Hall–Kier alpha value is -2.14. The summed E-state index contributed by atoms with van der Waals surface area (Å²) in [5, 5.41) is 9.83. The molecule has 2 atom stereocenters. The van der Waals surface area contributed by atoms with Gasteiger partial charge in [0.15, 0.2) is 0 Å². The summed E-state index contributed by atoms with van der Waals surface area (Å²) in [4.78, 5) is 12.2. The molecule has 1 aliphatic rings. The second-order valence-electron chi connectivity index (χ2n) is 5.31. The average Bonchev–Trinajstić information content (AvgIpc) is 3.10. The Kier molecular flexibility index (Phi) is 3.52. The second kappa shape index (κ2) is 5.46. The Morgan fingerprint density at radius 2 is 2.25 bits per heavy atom. The minimum atomic E-state index is 0.0424. The van der Waals surface area contributed by atoms with Gasteiger partial charge in [0.2, 0.25) is 5.91 Å². The van der Waals surface area contributed by atoms with E-state index >= 15 is 0 Å². The Bertz CT molecular complexity index is 594. The summed E-state index contributed by atoms with van der Waals surface area (Å²) in [6.07, 6.45) is 4.31. The molecule has 1 heterocycles. The fraction of sp³-hybridized carbons (Fsp3) is 0.333. The molecule has 3 rings (SSSR count). The second-order valence-corrected chi connectivity index (χ2v) is 5.31. The Morgan fingerprint density at radius 1 is 1.35 bits per heavy atom. The summed E-state index contributed by atoms with van der Waals surface area (Å²) in [7, 11) is 0. The van der Waals surface area contributed by atoms with Crippen LogP contribution in [0, 0.1) is 5.92 Å². The minimum Gasteiger partial charge on any atom is -0.328 e. The summed E-state index contributed by atoms with van der Waals surface area (Å²) < 4.78 is 0. The zero-order chi connectivity index (χ0) is 13.9. The molecule has 4 N–H and O–H groups in total. The van der Waals surface area contributed by atoms with Crippen molar-refractivity contribution in [3.05, 3.63) is 36.5 Å². The molecule has 0 radical (unpaired) electrons. The van der Waals surface area contributed by atoms with E-state index in [1.807, 2.05) is 30.3 Å². The molecule has 104 valence electrons. The van der Waals surface area contributed by atoms with Crippen LogP contribution in [0.1, 0.15) is 19.3 Å². The van der Waals surface area contributed by atoms with Crippen LogP contribution in [0.5, 0.6) is 0 Å². The highest BCUT2D eigenvalue weighted by Crippen LogP contribution is 2.26. The number of benzene rings is 1. The highest BCUT2D eigenvalue weighted by Gasteiger charge is 2.27. The maximum atomic E-state index is 12.2. The van der Waals surface area contributed by atoms with Gasteiger partial charge in [-0.2, -0.15) is 5.10 Å². The zero-order valence-corrected chi connectivity index (χ0v) is 11.2. The number of aromatic amines is 1. The Balaban J connectivity index is 1.71. The number of amides is 1. The quantitative estimate of drug-likeness (QED) is 0.799. The fourth-order valence-corrected chi connectivity index (χ4v) is 2.68. The van der Waals surface area contributed by atoms with Crippen LogP contribution >= 0.6 is 0 Å². The van der Waals surface area contributed by atoms with Crippen molar-refractivity contribution in [2.75, 3.05) is 5.32 Å². The van der Waals surface area contributed by atoms with Gasteiger partial charge in [0.1, 0.15) is 0 Å². The van der Waals surface area contributed by atoms with Crippen LogP contribution < -0.4 is 11.1 Å². The number of hydrogen-bond donors (Lipinski definition) is 3. The molecule has 1 amide bonds. The van der Waals surface area contributed by atoms with Gasteiger partial charge in [0.25, 0.3) is 0 Å². The van der Waals surface area contributed by atoms with Crippen LogP contribution in [0.15, 0.2) is 36.5 Å². The Morgan fingerprint density at radius 3 is 2.95 bits per heavy atom. The number of nitrogens with one attached hydrogen (secondary N) is 2. The predicted octanol–water partition coefficient (Wildman–Crippen LogP) is 2.14. The molecule has 2 unspecified atom stereocenters. The van der Waals surface area contributed by atoms with E-state index in [9.17, 15) is 4.79 Å². The highest BCUT2D eigenvalue weighted by atomic mass is 16.1. The lowest BCUT2D eigenvalue weighted by Gasteiger charge is -2.11. The van der Waals surface area contributed by atoms with Crippen molar-refractivity contribution in [3.63, 3.8) is 0 Å².